The Bertz CT molecular complexity index is 681. The molecule has 126 valence electrons. The molecule has 1 aliphatic heterocycles. The summed E-state index contributed by atoms with van der Waals surface area (Å²) in [6, 6.07) is 2.03. The largest absolute Gasteiger partial charge is 0.336 e. The van der Waals surface area contributed by atoms with E-state index in [1.807, 2.05) is 28.8 Å². The summed E-state index contributed by atoms with van der Waals surface area (Å²) >= 11 is 1.63. The number of carbonyl (C=O) groups excluding carboxylic acids is 1. The molecule has 3 rings (SSSR count). The first-order chi connectivity index (χ1) is 10.6. The first kappa shape index (κ1) is 18.0. The highest BCUT2D eigenvalue weighted by atomic mass is 35.5. The monoisotopic (exact) mass is 354 g/mol. The summed E-state index contributed by atoms with van der Waals surface area (Å²) in [5, 5.41) is 3.37. The van der Waals surface area contributed by atoms with Gasteiger partial charge in [-0.2, -0.15) is 0 Å². The van der Waals surface area contributed by atoms with E-state index in [1.54, 1.807) is 17.5 Å². The molecule has 0 spiro atoms. The number of hydrogen-bond acceptors (Lipinski definition) is 4. The Morgan fingerprint density at radius 2 is 2.30 bits per heavy atom. The number of aromatic nitrogens is 2. The number of thiophene rings is 1. The Hall–Kier alpha value is -1.37. The molecule has 1 unspecified atom stereocenters. The average Bonchev–Trinajstić information content (AvgIpc) is 3.12. The second-order valence-corrected chi connectivity index (χ2v) is 6.82. The van der Waals surface area contributed by atoms with Crippen LogP contribution < -0.4 is 5.32 Å². The van der Waals surface area contributed by atoms with Gasteiger partial charge in [0.15, 0.2) is 0 Å². The summed E-state index contributed by atoms with van der Waals surface area (Å²) in [4.78, 5) is 21.5. The summed E-state index contributed by atoms with van der Waals surface area (Å²) < 4.78 is 2.00. The fourth-order valence-electron chi connectivity index (χ4n) is 2.99. The van der Waals surface area contributed by atoms with Gasteiger partial charge in [-0.3, -0.25) is 4.79 Å². The van der Waals surface area contributed by atoms with Crippen molar-refractivity contribution >= 4 is 29.7 Å². The first-order valence-electron chi connectivity index (χ1n) is 7.70. The van der Waals surface area contributed by atoms with E-state index in [4.69, 9.17) is 0 Å². The predicted molar refractivity (Wildman–Crippen MR) is 95.5 cm³/mol. The Morgan fingerprint density at radius 1 is 1.52 bits per heavy atom. The van der Waals surface area contributed by atoms with Gasteiger partial charge in [0.1, 0.15) is 11.9 Å². The smallest absolute Gasteiger partial charge is 0.264 e. The Morgan fingerprint density at radius 3 is 2.91 bits per heavy atom. The van der Waals surface area contributed by atoms with Crippen LogP contribution >= 0.6 is 23.7 Å². The topological polar surface area (TPSA) is 50.2 Å². The van der Waals surface area contributed by atoms with Gasteiger partial charge in [-0.1, -0.05) is 6.92 Å². The second kappa shape index (κ2) is 7.47. The molecule has 7 heteroatoms. The van der Waals surface area contributed by atoms with E-state index >= 15 is 0 Å². The molecule has 1 amide bonds. The van der Waals surface area contributed by atoms with Gasteiger partial charge in [-0.05, 0) is 25.0 Å². The predicted octanol–water partition coefficient (Wildman–Crippen LogP) is 2.56. The van der Waals surface area contributed by atoms with E-state index in [-0.39, 0.29) is 24.4 Å². The summed E-state index contributed by atoms with van der Waals surface area (Å²) in [5.74, 6) is 1.06. The zero-order valence-electron chi connectivity index (χ0n) is 13.7. The van der Waals surface area contributed by atoms with Crippen molar-refractivity contribution in [1.29, 1.82) is 0 Å². The molecule has 1 fully saturated rings. The fourth-order valence-corrected chi connectivity index (χ4v) is 4.06. The lowest BCUT2D eigenvalue weighted by Gasteiger charge is -2.35. The summed E-state index contributed by atoms with van der Waals surface area (Å²) in [6.45, 7) is 6.52. The van der Waals surface area contributed by atoms with Crippen LogP contribution in [0.2, 0.25) is 0 Å². The number of nitrogens with one attached hydrogen (secondary N) is 1. The molecule has 0 radical (unpaired) electrons. The molecular formula is C16H23ClN4OS. The number of imidazole rings is 1. The number of amides is 1. The Kier molecular flexibility index (Phi) is 5.84. The number of halogens is 1. The van der Waals surface area contributed by atoms with Crippen molar-refractivity contribution in [3.63, 3.8) is 0 Å². The molecule has 3 heterocycles. The van der Waals surface area contributed by atoms with E-state index in [1.165, 1.54) is 10.4 Å². The molecule has 5 nitrogen and oxygen atoms in total. The number of hydrogen-bond donors (Lipinski definition) is 1. The van der Waals surface area contributed by atoms with Gasteiger partial charge in [0.2, 0.25) is 0 Å². The third-order valence-electron chi connectivity index (χ3n) is 4.21. The summed E-state index contributed by atoms with van der Waals surface area (Å²) in [7, 11) is 1.98. The standard InChI is InChI=1S/C16H22N4OS.ClH/c1-4-13-11(2)9-14(22-13)16(21)20-8-5-17-10-12(20)15-18-6-7-19(15)3;/h6-7,9,12,17H,4-5,8,10H2,1-3H3;1H. The fraction of sp³-hybridized carbons (Fsp3) is 0.500. The van der Waals surface area contributed by atoms with Crippen molar-refractivity contribution in [3.05, 3.63) is 39.6 Å². The normalized spacial score (nSPS) is 17.9. The van der Waals surface area contributed by atoms with Crippen LogP contribution in [-0.4, -0.2) is 40.0 Å². The van der Waals surface area contributed by atoms with E-state index in [0.29, 0.717) is 0 Å². The Balaban J connectivity index is 0.00000192. The van der Waals surface area contributed by atoms with E-state index < -0.39 is 0 Å². The molecule has 0 aliphatic carbocycles. The molecule has 2 aromatic heterocycles. The lowest BCUT2D eigenvalue weighted by atomic mass is 10.1. The van der Waals surface area contributed by atoms with Gasteiger partial charge in [0, 0.05) is 44.0 Å². The quantitative estimate of drug-likeness (QED) is 0.921. The van der Waals surface area contributed by atoms with Gasteiger partial charge < -0.3 is 14.8 Å². The molecule has 0 saturated carbocycles. The molecule has 2 aromatic rings. The molecule has 1 saturated heterocycles. The van der Waals surface area contributed by atoms with Crippen molar-refractivity contribution in [1.82, 2.24) is 19.8 Å². The maximum Gasteiger partial charge on any atom is 0.264 e. The maximum absolute atomic E-state index is 13.0. The van der Waals surface area contributed by atoms with Crippen molar-refractivity contribution in [2.75, 3.05) is 19.6 Å². The molecular weight excluding hydrogens is 332 g/mol. The van der Waals surface area contributed by atoms with Gasteiger partial charge in [0.05, 0.1) is 4.88 Å². The molecule has 0 aromatic carbocycles. The second-order valence-electron chi connectivity index (χ2n) is 5.69. The highest BCUT2D eigenvalue weighted by Crippen LogP contribution is 2.28. The number of piperazine rings is 1. The van der Waals surface area contributed by atoms with Crippen LogP contribution in [0.15, 0.2) is 18.5 Å². The molecule has 23 heavy (non-hydrogen) atoms. The van der Waals surface area contributed by atoms with Crippen molar-refractivity contribution < 1.29 is 4.79 Å². The number of carbonyl (C=O) groups is 1. The number of aryl methyl sites for hydroxylation is 3. The summed E-state index contributed by atoms with van der Waals surface area (Å²) in [6.07, 6.45) is 4.70. The molecule has 1 N–H and O–H groups in total. The summed E-state index contributed by atoms with van der Waals surface area (Å²) in [5.41, 5.74) is 1.22. The van der Waals surface area contributed by atoms with E-state index in [9.17, 15) is 4.79 Å². The molecule has 1 aliphatic rings. The van der Waals surface area contributed by atoms with Crippen LogP contribution in [0.5, 0.6) is 0 Å². The number of nitrogens with zero attached hydrogens (tertiary/aromatic N) is 3. The highest BCUT2D eigenvalue weighted by Gasteiger charge is 2.31. The van der Waals surface area contributed by atoms with Crippen LogP contribution in [0.25, 0.3) is 0 Å². The van der Waals surface area contributed by atoms with Gasteiger partial charge in [0.25, 0.3) is 5.91 Å². The SMILES string of the molecule is CCc1sc(C(=O)N2CCNCC2c2nccn2C)cc1C.Cl. The van der Waals surface area contributed by atoms with Crippen LogP contribution in [0.3, 0.4) is 0 Å². The lowest BCUT2D eigenvalue weighted by Crippen LogP contribution is -2.49. The van der Waals surface area contributed by atoms with E-state index in [2.05, 4.69) is 24.1 Å². The number of rotatable bonds is 3. The van der Waals surface area contributed by atoms with Gasteiger partial charge >= 0.3 is 0 Å². The van der Waals surface area contributed by atoms with Crippen LogP contribution in [0.4, 0.5) is 0 Å². The Labute approximate surface area is 147 Å². The average molecular weight is 355 g/mol. The van der Waals surface area contributed by atoms with Crippen molar-refractivity contribution in [2.45, 2.75) is 26.3 Å². The van der Waals surface area contributed by atoms with Crippen LogP contribution in [0.1, 0.15) is 38.9 Å². The van der Waals surface area contributed by atoms with Crippen molar-refractivity contribution in [2.24, 2.45) is 7.05 Å². The minimum absolute atomic E-state index is 0. The van der Waals surface area contributed by atoms with Crippen molar-refractivity contribution in [3.8, 4) is 0 Å². The van der Waals surface area contributed by atoms with E-state index in [0.717, 1.165) is 36.8 Å². The zero-order valence-corrected chi connectivity index (χ0v) is 15.3. The van der Waals surface area contributed by atoms with Crippen LogP contribution in [0, 0.1) is 6.92 Å². The van der Waals surface area contributed by atoms with Gasteiger partial charge in [-0.25, -0.2) is 4.98 Å². The maximum atomic E-state index is 13.0. The molecule has 0 bridgehead atoms. The highest BCUT2D eigenvalue weighted by molar-refractivity contribution is 7.14. The third kappa shape index (κ3) is 3.44. The van der Waals surface area contributed by atoms with Gasteiger partial charge in [-0.15, -0.1) is 23.7 Å². The minimum Gasteiger partial charge on any atom is -0.336 e. The molecule has 1 atom stereocenters. The lowest BCUT2D eigenvalue weighted by molar-refractivity contribution is 0.0626. The third-order valence-corrected chi connectivity index (χ3v) is 5.58. The minimum atomic E-state index is -0.00580. The first-order valence-corrected chi connectivity index (χ1v) is 8.51. The zero-order chi connectivity index (χ0) is 15.7. The van der Waals surface area contributed by atoms with Crippen LogP contribution in [-0.2, 0) is 13.5 Å².